The minimum Gasteiger partial charge on any atom is -0.312 e. The monoisotopic (exact) mass is 346 g/mol. The molecule has 0 saturated carbocycles. The number of para-hydroxylation sites is 1. The number of aromatic nitrogens is 1. The molecule has 2 heterocycles. The van der Waals surface area contributed by atoms with Gasteiger partial charge in [0.15, 0.2) is 0 Å². The largest absolute Gasteiger partial charge is 0.312 e. The molecule has 2 nitrogen and oxygen atoms in total. The van der Waals surface area contributed by atoms with E-state index < -0.39 is 0 Å². The van der Waals surface area contributed by atoms with Gasteiger partial charge in [0.1, 0.15) is 0 Å². The molecule has 0 saturated heterocycles. The lowest BCUT2D eigenvalue weighted by Crippen LogP contribution is -2.18. The normalized spacial score (nSPS) is 12.7. The summed E-state index contributed by atoms with van der Waals surface area (Å²) in [7, 11) is 2.00. The van der Waals surface area contributed by atoms with Crippen molar-refractivity contribution in [3.8, 4) is 0 Å². The highest BCUT2D eigenvalue weighted by molar-refractivity contribution is 9.10. The highest BCUT2D eigenvalue weighted by Crippen LogP contribution is 2.30. The second-order valence-corrected chi connectivity index (χ2v) is 6.48. The second kappa shape index (κ2) is 6.04. The number of thiophene rings is 1. The molecule has 4 heteroatoms. The third-order valence-corrected chi connectivity index (χ3v) is 5.36. The van der Waals surface area contributed by atoms with Crippen molar-refractivity contribution in [2.24, 2.45) is 0 Å². The maximum atomic E-state index is 4.75. The molecule has 0 fully saturated rings. The first-order chi connectivity index (χ1) is 9.78. The van der Waals surface area contributed by atoms with E-state index >= 15 is 0 Å². The van der Waals surface area contributed by atoms with Crippen LogP contribution < -0.4 is 5.32 Å². The average Bonchev–Trinajstić information content (AvgIpc) is 2.91. The van der Waals surface area contributed by atoms with Gasteiger partial charge in [-0.05, 0) is 46.6 Å². The van der Waals surface area contributed by atoms with Crippen molar-refractivity contribution in [2.45, 2.75) is 12.5 Å². The molecular weight excluding hydrogens is 332 g/mol. The molecule has 1 unspecified atom stereocenters. The number of rotatable bonds is 4. The molecule has 1 N–H and O–H groups in total. The van der Waals surface area contributed by atoms with Crippen LogP contribution in [0.3, 0.4) is 0 Å². The highest BCUT2D eigenvalue weighted by Gasteiger charge is 2.15. The van der Waals surface area contributed by atoms with E-state index in [0.29, 0.717) is 0 Å². The predicted molar refractivity (Wildman–Crippen MR) is 89.3 cm³/mol. The zero-order valence-electron chi connectivity index (χ0n) is 11.1. The van der Waals surface area contributed by atoms with E-state index in [2.05, 4.69) is 57.0 Å². The lowest BCUT2D eigenvalue weighted by atomic mass is 10.1. The molecular formula is C16H15BrN2S. The molecule has 0 spiro atoms. The van der Waals surface area contributed by atoms with Crippen molar-refractivity contribution >= 4 is 38.2 Å². The van der Waals surface area contributed by atoms with Crippen LogP contribution in [0.25, 0.3) is 10.9 Å². The highest BCUT2D eigenvalue weighted by atomic mass is 79.9. The van der Waals surface area contributed by atoms with Gasteiger partial charge in [0.05, 0.1) is 5.52 Å². The molecule has 0 radical (unpaired) electrons. The summed E-state index contributed by atoms with van der Waals surface area (Å²) in [4.78, 5) is 6.07. The molecule has 3 rings (SSSR count). The smallest absolute Gasteiger partial charge is 0.0705 e. The molecule has 0 aliphatic heterocycles. The Morgan fingerprint density at radius 2 is 2.05 bits per heavy atom. The molecule has 102 valence electrons. The summed E-state index contributed by atoms with van der Waals surface area (Å²) in [5.41, 5.74) is 2.17. The number of pyridine rings is 1. The number of fused-ring (bicyclic) bond motifs is 1. The van der Waals surface area contributed by atoms with E-state index in [1.165, 1.54) is 14.7 Å². The molecule has 1 atom stereocenters. The summed E-state index contributed by atoms with van der Waals surface area (Å²) in [5.74, 6) is 0. The standard InChI is InChI=1S/C16H15BrN2S/c1-18-15(16-13(17)8-9-20-16)10-12-7-6-11-4-2-3-5-14(11)19-12/h2-9,15,18H,10H2,1H3. The van der Waals surface area contributed by atoms with E-state index in [9.17, 15) is 0 Å². The number of likely N-dealkylation sites (N-methyl/N-ethyl adjacent to an activating group) is 1. The van der Waals surface area contributed by atoms with Gasteiger partial charge < -0.3 is 5.32 Å². The van der Waals surface area contributed by atoms with Gasteiger partial charge in [-0.1, -0.05) is 24.3 Å². The van der Waals surface area contributed by atoms with Crippen LogP contribution in [0.1, 0.15) is 16.6 Å². The summed E-state index contributed by atoms with van der Waals surface area (Å²) in [6.07, 6.45) is 0.889. The quantitative estimate of drug-likeness (QED) is 0.748. The number of hydrogen-bond donors (Lipinski definition) is 1. The molecule has 3 aromatic rings. The SMILES string of the molecule is CNC(Cc1ccc2ccccc2n1)c1sccc1Br. The molecule has 0 aliphatic rings. The van der Waals surface area contributed by atoms with Crippen molar-refractivity contribution in [2.75, 3.05) is 7.05 Å². The van der Waals surface area contributed by atoms with Crippen molar-refractivity contribution < 1.29 is 0 Å². The van der Waals surface area contributed by atoms with Crippen LogP contribution in [0.15, 0.2) is 52.3 Å². The maximum Gasteiger partial charge on any atom is 0.0705 e. The van der Waals surface area contributed by atoms with Gasteiger partial charge in [-0.3, -0.25) is 4.98 Å². The Balaban J connectivity index is 1.89. The number of benzene rings is 1. The van der Waals surface area contributed by atoms with Gasteiger partial charge in [0.25, 0.3) is 0 Å². The molecule has 2 aromatic heterocycles. The summed E-state index contributed by atoms with van der Waals surface area (Å²) >= 11 is 5.38. The Morgan fingerprint density at radius 3 is 2.80 bits per heavy atom. The van der Waals surface area contributed by atoms with Gasteiger partial charge in [-0.2, -0.15) is 0 Å². The second-order valence-electron chi connectivity index (χ2n) is 4.67. The maximum absolute atomic E-state index is 4.75. The summed E-state index contributed by atoms with van der Waals surface area (Å²) < 4.78 is 1.17. The average molecular weight is 347 g/mol. The first-order valence-electron chi connectivity index (χ1n) is 6.53. The van der Waals surface area contributed by atoms with Crippen LogP contribution in [0.5, 0.6) is 0 Å². The molecule has 20 heavy (non-hydrogen) atoms. The van der Waals surface area contributed by atoms with Gasteiger partial charge >= 0.3 is 0 Å². The van der Waals surface area contributed by atoms with Crippen LogP contribution in [0.2, 0.25) is 0 Å². The first kappa shape index (κ1) is 13.7. The van der Waals surface area contributed by atoms with Gasteiger partial charge in [0.2, 0.25) is 0 Å². The third-order valence-electron chi connectivity index (χ3n) is 3.38. The lowest BCUT2D eigenvalue weighted by molar-refractivity contribution is 0.593. The van der Waals surface area contributed by atoms with E-state index in [4.69, 9.17) is 4.98 Å². The predicted octanol–water partition coefficient (Wildman–Crippen LogP) is 4.56. The zero-order valence-corrected chi connectivity index (χ0v) is 13.5. The van der Waals surface area contributed by atoms with Crippen LogP contribution in [0, 0.1) is 0 Å². The number of halogens is 1. The van der Waals surface area contributed by atoms with Crippen LogP contribution in [0.4, 0.5) is 0 Å². The number of nitrogens with zero attached hydrogens (tertiary/aromatic N) is 1. The lowest BCUT2D eigenvalue weighted by Gasteiger charge is -2.15. The van der Waals surface area contributed by atoms with Crippen molar-refractivity contribution in [3.63, 3.8) is 0 Å². The fourth-order valence-corrected chi connectivity index (χ4v) is 4.07. The van der Waals surface area contributed by atoms with Crippen molar-refractivity contribution in [1.82, 2.24) is 10.3 Å². The van der Waals surface area contributed by atoms with Gasteiger partial charge in [0, 0.05) is 32.9 Å². The fraction of sp³-hybridized carbons (Fsp3) is 0.188. The van der Waals surface area contributed by atoms with Crippen LogP contribution in [-0.4, -0.2) is 12.0 Å². The molecule has 1 aromatic carbocycles. The Kier molecular flexibility index (Phi) is 4.15. The Hall–Kier alpha value is -1.23. The van der Waals surface area contributed by atoms with Crippen molar-refractivity contribution in [1.29, 1.82) is 0 Å². The third kappa shape index (κ3) is 2.77. The fourth-order valence-electron chi connectivity index (χ4n) is 2.31. The van der Waals surface area contributed by atoms with Crippen molar-refractivity contribution in [3.05, 3.63) is 62.9 Å². The zero-order chi connectivity index (χ0) is 13.9. The number of nitrogens with one attached hydrogen (secondary N) is 1. The van der Waals surface area contributed by atoms with E-state index in [-0.39, 0.29) is 6.04 Å². The Morgan fingerprint density at radius 1 is 1.20 bits per heavy atom. The van der Waals surface area contributed by atoms with E-state index in [0.717, 1.165) is 17.6 Å². The summed E-state index contributed by atoms with van der Waals surface area (Å²) in [6.45, 7) is 0. The number of hydrogen-bond acceptors (Lipinski definition) is 3. The van der Waals surface area contributed by atoms with Gasteiger partial charge in [-0.15, -0.1) is 11.3 Å². The first-order valence-corrected chi connectivity index (χ1v) is 8.20. The minimum atomic E-state index is 0.290. The summed E-state index contributed by atoms with van der Waals surface area (Å²) in [5, 5.41) is 6.68. The molecule has 0 bridgehead atoms. The topological polar surface area (TPSA) is 24.9 Å². The van der Waals surface area contributed by atoms with Gasteiger partial charge in [-0.25, -0.2) is 0 Å². The van der Waals surface area contributed by atoms with Crippen LogP contribution >= 0.6 is 27.3 Å². The Bertz CT molecular complexity index is 723. The van der Waals surface area contributed by atoms with E-state index in [1.54, 1.807) is 11.3 Å². The van der Waals surface area contributed by atoms with E-state index in [1.807, 2.05) is 19.2 Å². The van der Waals surface area contributed by atoms with Crippen LogP contribution in [-0.2, 0) is 6.42 Å². The Labute approximate surface area is 131 Å². The molecule has 0 aliphatic carbocycles. The molecule has 0 amide bonds. The summed E-state index contributed by atoms with van der Waals surface area (Å²) in [6, 6.07) is 14.9. The minimum absolute atomic E-state index is 0.290.